The Balaban J connectivity index is 2.14. The van der Waals surface area contributed by atoms with E-state index in [9.17, 15) is 8.78 Å². The molecule has 0 saturated carbocycles. The average Bonchev–Trinajstić information content (AvgIpc) is 2.80. The molecule has 0 atom stereocenters. The van der Waals surface area contributed by atoms with Crippen molar-refractivity contribution in [2.45, 2.75) is 0 Å². The Morgan fingerprint density at radius 2 is 2.00 bits per heavy atom. The van der Waals surface area contributed by atoms with E-state index >= 15 is 0 Å². The molecule has 0 aliphatic rings. The van der Waals surface area contributed by atoms with Gasteiger partial charge in [0.2, 0.25) is 0 Å². The zero-order chi connectivity index (χ0) is 13.4. The van der Waals surface area contributed by atoms with E-state index in [1.165, 1.54) is 12.1 Å². The van der Waals surface area contributed by atoms with E-state index in [1.807, 2.05) is 0 Å². The van der Waals surface area contributed by atoms with Crippen molar-refractivity contribution in [2.24, 2.45) is 0 Å². The van der Waals surface area contributed by atoms with Crippen LogP contribution in [0.25, 0.3) is 16.9 Å². The second-order valence-electron chi connectivity index (χ2n) is 4.08. The molecular formula is C14H10F2N2O. The van der Waals surface area contributed by atoms with E-state index < -0.39 is 11.6 Å². The van der Waals surface area contributed by atoms with Crippen LogP contribution in [0.15, 0.2) is 42.7 Å². The zero-order valence-corrected chi connectivity index (χ0v) is 10.1. The van der Waals surface area contributed by atoms with Gasteiger partial charge in [0.15, 0.2) is 0 Å². The minimum atomic E-state index is -0.629. The van der Waals surface area contributed by atoms with Gasteiger partial charge in [0.05, 0.1) is 12.8 Å². The van der Waals surface area contributed by atoms with Gasteiger partial charge in [0.1, 0.15) is 23.0 Å². The molecule has 2 heterocycles. The third-order valence-corrected chi connectivity index (χ3v) is 2.87. The molecule has 0 fully saturated rings. The fourth-order valence-electron chi connectivity index (χ4n) is 1.92. The average molecular weight is 260 g/mol. The lowest BCUT2D eigenvalue weighted by molar-refractivity contribution is 0.414. The maximum Gasteiger partial charge on any atom is 0.141 e. The molecule has 5 heteroatoms. The van der Waals surface area contributed by atoms with Crippen LogP contribution in [0.2, 0.25) is 0 Å². The highest BCUT2D eigenvalue weighted by Gasteiger charge is 2.10. The molecule has 3 nitrogen and oxygen atoms in total. The molecule has 3 rings (SSSR count). The first-order valence-corrected chi connectivity index (χ1v) is 5.65. The molecule has 96 valence electrons. The molecule has 0 spiro atoms. The minimum Gasteiger partial charge on any atom is -0.497 e. The molecule has 0 aliphatic heterocycles. The number of hydrogen-bond donors (Lipinski definition) is 0. The molecule has 0 unspecified atom stereocenters. The number of benzene rings is 1. The first-order valence-electron chi connectivity index (χ1n) is 5.65. The fraction of sp³-hybridized carbons (Fsp3) is 0.0714. The number of ether oxygens (including phenoxy) is 1. The van der Waals surface area contributed by atoms with Gasteiger partial charge in [-0.25, -0.2) is 13.8 Å². The van der Waals surface area contributed by atoms with Crippen LogP contribution in [0.1, 0.15) is 0 Å². The molecule has 19 heavy (non-hydrogen) atoms. The lowest BCUT2D eigenvalue weighted by Crippen LogP contribution is -1.86. The summed E-state index contributed by atoms with van der Waals surface area (Å²) in [5, 5.41) is 0. The largest absolute Gasteiger partial charge is 0.497 e. The summed E-state index contributed by atoms with van der Waals surface area (Å²) in [5.74, 6) is -0.564. The molecule has 0 radical (unpaired) electrons. The highest BCUT2D eigenvalue weighted by Crippen LogP contribution is 2.24. The summed E-state index contributed by atoms with van der Waals surface area (Å²) in [4.78, 5) is 4.30. The van der Waals surface area contributed by atoms with E-state index in [-0.39, 0.29) is 5.56 Å². The molecule has 0 aliphatic carbocycles. The number of aromatic nitrogens is 2. The predicted octanol–water partition coefficient (Wildman–Crippen LogP) is 3.29. The highest BCUT2D eigenvalue weighted by atomic mass is 19.1. The Morgan fingerprint density at radius 1 is 1.16 bits per heavy atom. The van der Waals surface area contributed by atoms with Gasteiger partial charge in [-0.2, -0.15) is 0 Å². The number of rotatable bonds is 2. The summed E-state index contributed by atoms with van der Waals surface area (Å²) in [6, 6.07) is 6.96. The van der Waals surface area contributed by atoms with Crippen LogP contribution in [0, 0.1) is 11.6 Å². The summed E-state index contributed by atoms with van der Waals surface area (Å²) in [7, 11) is 1.56. The Kier molecular flexibility index (Phi) is 2.67. The van der Waals surface area contributed by atoms with Gasteiger partial charge in [-0.05, 0) is 18.2 Å². The van der Waals surface area contributed by atoms with Crippen molar-refractivity contribution in [3.8, 4) is 17.0 Å². The first kappa shape index (κ1) is 11.6. The standard InChI is InChI=1S/C14H10F2N2O/c1-19-10-4-5-18-8-13(17-14(18)7-10)11-3-2-9(15)6-12(11)16/h2-8H,1H3. The van der Waals surface area contributed by atoms with Crippen LogP contribution >= 0.6 is 0 Å². The number of methoxy groups -OCH3 is 1. The third-order valence-electron chi connectivity index (χ3n) is 2.87. The molecule has 3 aromatic rings. The summed E-state index contributed by atoms with van der Waals surface area (Å²) in [6.07, 6.45) is 3.46. The Morgan fingerprint density at radius 3 is 2.74 bits per heavy atom. The van der Waals surface area contributed by atoms with E-state index in [0.717, 1.165) is 6.07 Å². The van der Waals surface area contributed by atoms with Gasteiger partial charge in [-0.15, -0.1) is 0 Å². The lowest BCUT2D eigenvalue weighted by atomic mass is 10.1. The van der Waals surface area contributed by atoms with Gasteiger partial charge in [0, 0.05) is 30.1 Å². The fourth-order valence-corrected chi connectivity index (χ4v) is 1.92. The smallest absolute Gasteiger partial charge is 0.141 e. The topological polar surface area (TPSA) is 26.5 Å². The van der Waals surface area contributed by atoms with Crippen LogP contribution in [0.5, 0.6) is 5.75 Å². The number of hydrogen-bond acceptors (Lipinski definition) is 2. The number of imidazole rings is 1. The minimum absolute atomic E-state index is 0.268. The molecule has 0 saturated heterocycles. The van der Waals surface area contributed by atoms with Gasteiger partial charge >= 0.3 is 0 Å². The normalized spacial score (nSPS) is 10.9. The monoisotopic (exact) mass is 260 g/mol. The van der Waals surface area contributed by atoms with Crippen LogP contribution in [-0.2, 0) is 0 Å². The van der Waals surface area contributed by atoms with Gasteiger partial charge in [-0.3, -0.25) is 0 Å². The van der Waals surface area contributed by atoms with Crippen molar-refractivity contribution in [1.29, 1.82) is 0 Å². The van der Waals surface area contributed by atoms with Gasteiger partial charge in [-0.1, -0.05) is 0 Å². The van der Waals surface area contributed by atoms with Crippen molar-refractivity contribution in [1.82, 2.24) is 9.38 Å². The summed E-state index contributed by atoms with van der Waals surface area (Å²) in [5.41, 5.74) is 1.35. The third kappa shape index (κ3) is 2.03. The SMILES string of the molecule is COc1ccn2cc(-c3ccc(F)cc3F)nc2c1. The van der Waals surface area contributed by atoms with Gasteiger partial charge < -0.3 is 9.14 Å². The van der Waals surface area contributed by atoms with Crippen LogP contribution in [0.3, 0.4) is 0 Å². The zero-order valence-electron chi connectivity index (χ0n) is 10.1. The molecular weight excluding hydrogens is 250 g/mol. The van der Waals surface area contributed by atoms with E-state index in [1.54, 1.807) is 36.0 Å². The highest BCUT2D eigenvalue weighted by molar-refractivity contribution is 5.63. The Bertz CT molecular complexity index is 752. The molecule has 1 aromatic carbocycles. The van der Waals surface area contributed by atoms with Crippen LogP contribution < -0.4 is 4.74 Å². The summed E-state index contributed by atoms with van der Waals surface area (Å²) >= 11 is 0. The first-order chi connectivity index (χ1) is 9.17. The summed E-state index contributed by atoms with van der Waals surface area (Å²) in [6.45, 7) is 0. The lowest BCUT2D eigenvalue weighted by Gasteiger charge is -1.98. The number of halogens is 2. The van der Waals surface area contributed by atoms with Crippen molar-refractivity contribution >= 4 is 5.65 Å². The molecule has 0 amide bonds. The second-order valence-corrected chi connectivity index (χ2v) is 4.08. The maximum atomic E-state index is 13.7. The van der Waals surface area contributed by atoms with Crippen LogP contribution in [0.4, 0.5) is 8.78 Å². The van der Waals surface area contributed by atoms with E-state index in [2.05, 4.69) is 4.98 Å². The summed E-state index contributed by atoms with van der Waals surface area (Å²) < 4.78 is 33.4. The molecule has 0 N–H and O–H groups in total. The van der Waals surface area contributed by atoms with E-state index in [0.29, 0.717) is 17.1 Å². The van der Waals surface area contributed by atoms with Crippen molar-refractivity contribution in [3.05, 3.63) is 54.4 Å². The van der Waals surface area contributed by atoms with Gasteiger partial charge in [0.25, 0.3) is 0 Å². The number of nitrogens with zero attached hydrogens (tertiary/aromatic N) is 2. The van der Waals surface area contributed by atoms with E-state index in [4.69, 9.17) is 4.74 Å². The van der Waals surface area contributed by atoms with Crippen molar-refractivity contribution in [3.63, 3.8) is 0 Å². The second kappa shape index (κ2) is 4.35. The molecule has 0 bridgehead atoms. The number of fused-ring (bicyclic) bond motifs is 1. The Labute approximate surface area is 108 Å². The Hall–Kier alpha value is -2.43. The quantitative estimate of drug-likeness (QED) is 0.706. The van der Waals surface area contributed by atoms with Crippen molar-refractivity contribution < 1.29 is 13.5 Å². The van der Waals surface area contributed by atoms with Crippen molar-refractivity contribution in [2.75, 3.05) is 7.11 Å². The predicted molar refractivity (Wildman–Crippen MR) is 67.1 cm³/mol. The molecule has 2 aromatic heterocycles. The number of pyridine rings is 1. The van der Waals surface area contributed by atoms with Crippen LogP contribution in [-0.4, -0.2) is 16.5 Å². The maximum absolute atomic E-state index is 13.7.